The summed E-state index contributed by atoms with van der Waals surface area (Å²) in [4.78, 5) is 31.3. The molecule has 11 nitrogen and oxygen atoms in total. The summed E-state index contributed by atoms with van der Waals surface area (Å²) in [6.45, 7) is 2.59. The number of hydrogen-bond acceptors (Lipinski definition) is 8. The molecule has 0 bridgehead atoms. The Hall–Kier alpha value is -4.64. The van der Waals surface area contributed by atoms with Crippen LogP contribution in [0.25, 0.3) is 22.5 Å². The number of nitrogens with zero attached hydrogens (tertiary/aromatic N) is 4. The normalized spacial score (nSPS) is 17.3. The van der Waals surface area contributed by atoms with Crippen molar-refractivity contribution < 1.29 is 14.3 Å². The van der Waals surface area contributed by atoms with Crippen LogP contribution in [0.4, 0.5) is 5.69 Å². The van der Waals surface area contributed by atoms with E-state index in [2.05, 4.69) is 36.2 Å². The number of hydrogen-bond donors (Lipinski definition) is 4. The van der Waals surface area contributed by atoms with E-state index in [0.29, 0.717) is 36.3 Å². The van der Waals surface area contributed by atoms with Crippen molar-refractivity contribution in [3.05, 3.63) is 71.9 Å². The number of carbonyl (C=O) groups excluding carboxylic acids is 2. The minimum Gasteiger partial charge on any atom is -0.481 e. The molecule has 2 heterocycles. The highest BCUT2D eigenvalue weighted by Gasteiger charge is 2.29. The number of carbonyl (C=O) groups is 2. The maximum atomic E-state index is 13.5. The number of anilines is 1. The molecule has 0 aliphatic heterocycles. The first-order valence-electron chi connectivity index (χ1n) is 14.2. The quantitative estimate of drug-likeness (QED) is 0.225. The second-order valence-electron chi connectivity index (χ2n) is 10.7. The predicted molar refractivity (Wildman–Crippen MR) is 159 cm³/mol. The van der Waals surface area contributed by atoms with Gasteiger partial charge in [0, 0.05) is 40.9 Å². The third kappa shape index (κ3) is 6.98. The van der Waals surface area contributed by atoms with Crippen LogP contribution in [-0.2, 0) is 16.0 Å². The molecule has 4 aromatic rings. The Bertz CT molecular complexity index is 1480. The van der Waals surface area contributed by atoms with Crippen LogP contribution in [0.5, 0.6) is 5.88 Å². The number of benzene rings is 2. The summed E-state index contributed by atoms with van der Waals surface area (Å²) >= 11 is 0. The third-order valence-corrected chi connectivity index (χ3v) is 7.91. The molecule has 1 atom stereocenters. The monoisotopic (exact) mass is 568 g/mol. The standard InChI is InChI=1S/C31H36N8O3/c1-19-26(15-16-28(33-19)42-2)22-7-3-20(4-8-22)17-27(35-30(40)24-9-5-21(18-32)6-10-24)31(41)34-25-13-11-23(12-14-25)29-36-38-39-37-29/h3-4,7-8,11-16,21,24,27H,5-6,9-10,17-18,32H2,1-2H3,(H,34,41)(H,35,40)(H,36,37,38,39)/t21?,24?,27-/m0/s1. The maximum Gasteiger partial charge on any atom is 0.247 e. The van der Waals surface area contributed by atoms with E-state index >= 15 is 0 Å². The lowest BCUT2D eigenvalue weighted by Gasteiger charge is -2.28. The van der Waals surface area contributed by atoms with E-state index in [1.807, 2.05) is 43.3 Å². The molecule has 1 aliphatic rings. The van der Waals surface area contributed by atoms with Gasteiger partial charge in [-0.1, -0.05) is 24.3 Å². The van der Waals surface area contributed by atoms with Gasteiger partial charge < -0.3 is 21.1 Å². The Balaban J connectivity index is 1.31. The number of tetrazole rings is 1. The van der Waals surface area contributed by atoms with Gasteiger partial charge in [-0.25, -0.2) is 4.98 Å². The summed E-state index contributed by atoms with van der Waals surface area (Å²) in [6, 6.07) is 18.2. The molecule has 218 valence electrons. The summed E-state index contributed by atoms with van der Waals surface area (Å²) in [5, 5.41) is 20.0. The highest BCUT2D eigenvalue weighted by atomic mass is 16.5. The largest absolute Gasteiger partial charge is 0.481 e. The molecule has 2 amide bonds. The van der Waals surface area contributed by atoms with Gasteiger partial charge in [-0.2, -0.15) is 5.21 Å². The van der Waals surface area contributed by atoms with Crippen molar-refractivity contribution in [3.63, 3.8) is 0 Å². The van der Waals surface area contributed by atoms with E-state index in [-0.39, 0.29) is 17.7 Å². The number of nitrogens with two attached hydrogens (primary N) is 1. The molecular formula is C31H36N8O3. The highest BCUT2D eigenvalue weighted by molar-refractivity contribution is 5.97. The van der Waals surface area contributed by atoms with Crippen molar-refractivity contribution in [2.24, 2.45) is 17.6 Å². The second-order valence-corrected chi connectivity index (χ2v) is 10.7. The molecule has 1 aliphatic carbocycles. The van der Waals surface area contributed by atoms with Gasteiger partial charge in [0.05, 0.1) is 7.11 Å². The first kappa shape index (κ1) is 28.9. The van der Waals surface area contributed by atoms with E-state index in [9.17, 15) is 9.59 Å². The van der Waals surface area contributed by atoms with Crippen molar-refractivity contribution in [1.82, 2.24) is 30.9 Å². The fourth-order valence-corrected chi connectivity index (χ4v) is 5.39. The van der Waals surface area contributed by atoms with Gasteiger partial charge in [-0.05, 0) is 91.7 Å². The number of aromatic amines is 1. The first-order valence-corrected chi connectivity index (χ1v) is 14.2. The number of amides is 2. The second kappa shape index (κ2) is 13.3. The number of ether oxygens (including phenoxy) is 1. The molecule has 5 N–H and O–H groups in total. The van der Waals surface area contributed by atoms with Crippen LogP contribution < -0.4 is 21.1 Å². The molecule has 5 rings (SSSR count). The van der Waals surface area contributed by atoms with E-state index in [4.69, 9.17) is 10.5 Å². The minimum atomic E-state index is -0.753. The van der Waals surface area contributed by atoms with E-state index in [0.717, 1.165) is 53.6 Å². The molecule has 1 fully saturated rings. The molecule has 2 aromatic heterocycles. The molecular weight excluding hydrogens is 532 g/mol. The average Bonchev–Trinajstić information content (AvgIpc) is 3.57. The van der Waals surface area contributed by atoms with E-state index in [1.165, 1.54) is 0 Å². The first-order chi connectivity index (χ1) is 20.4. The Morgan fingerprint density at radius 3 is 2.33 bits per heavy atom. The summed E-state index contributed by atoms with van der Waals surface area (Å²) in [5.41, 5.74) is 11.0. The Labute approximate surface area is 244 Å². The number of pyridine rings is 1. The zero-order chi connectivity index (χ0) is 29.5. The molecule has 42 heavy (non-hydrogen) atoms. The van der Waals surface area contributed by atoms with Gasteiger partial charge in [0.2, 0.25) is 23.5 Å². The van der Waals surface area contributed by atoms with Gasteiger partial charge in [0.1, 0.15) is 6.04 Å². The SMILES string of the molecule is COc1ccc(-c2ccc(C[C@H](NC(=O)C3CCC(CN)CC3)C(=O)Nc3ccc(-c4nn[nH]n4)cc3)cc2)c(C)n1. The molecule has 0 radical (unpaired) electrons. The van der Waals surface area contributed by atoms with Gasteiger partial charge in [0.25, 0.3) is 0 Å². The number of aromatic nitrogens is 5. The molecule has 0 spiro atoms. The summed E-state index contributed by atoms with van der Waals surface area (Å²) < 4.78 is 5.22. The fraction of sp³-hybridized carbons (Fsp3) is 0.355. The minimum absolute atomic E-state index is 0.0883. The van der Waals surface area contributed by atoms with Crippen LogP contribution in [0, 0.1) is 18.8 Å². The highest BCUT2D eigenvalue weighted by Crippen LogP contribution is 2.29. The van der Waals surface area contributed by atoms with E-state index in [1.54, 1.807) is 31.4 Å². The zero-order valence-electron chi connectivity index (χ0n) is 23.8. The lowest BCUT2D eigenvalue weighted by Crippen LogP contribution is -2.48. The lowest BCUT2D eigenvalue weighted by atomic mass is 9.81. The summed E-state index contributed by atoms with van der Waals surface area (Å²) in [6.07, 6.45) is 3.77. The van der Waals surface area contributed by atoms with Crippen LogP contribution in [0.15, 0.2) is 60.7 Å². The van der Waals surface area contributed by atoms with Crippen LogP contribution in [0.3, 0.4) is 0 Å². The van der Waals surface area contributed by atoms with Crippen molar-refractivity contribution in [1.29, 1.82) is 0 Å². The van der Waals surface area contributed by atoms with Crippen molar-refractivity contribution in [3.8, 4) is 28.4 Å². The average molecular weight is 569 g/mol. The van der Waals surface area contributed by atoms with E-state index < -0.39 is 6.04 Å². The number of aryl methyl sites for hydroxylation is 1. The summed E-state index contributed by atoms with van der Waals surface area (Å²) in [5.74, 6) is 1.00. The van der Waals surface area contributed by atoms with Gasteiger partial charge in [-0.3, -0.25) is 9.59 Å². The van der Waals surface area contributed by atoms with Crippen LogP contribution in [0.1, 0.15) is 36.9 Å². The van der Waals surface area contributed by atoms with Gasteiger partial charge >= 0.3 is 0 Å². The van der Waals surface area contributed by atoms with Crippen molar-refractivity contribution in [2.45, 2.75) is 45.1 Å². The number of H-pyrrole nitrogens is 1. The molecule has 1 saturated carbocycles. The topological polar surface area (TPSA) is 161 Å². The Morgan fingerprint density at radius 1 is 1.00 bits per heavy atom. The number of nitrogens with one attached hydrogen (secondary N) is 3. The zero-order valence-corrected chi connectivity index (χ0v) is 23.8. The molecule has 11 heteroatoms. The predicted octanol–water partition coefficient (Wildman–Crippen LogP) is 3.68. The Morgan fingerprint density at radius 2 is 1.71 bits per heavy atom. The number of methoxy groups -OCH3 is 1. The smallest absolute Gasteiger partial charge is 0.247 e. The maximum absolute atomic E-state index is 13.5. The van der Waals surface area contributed by atoms with Gasteiger partial charge in [-0.15, -0.1) is 10.2 Å². The van der Waals surface area contributed by atoms with Crippen LogP contribution >= 0.6 is 0 Å². The Kier molecular flexibility index (Phi) is 9.18. The molecule has 2 aromatic carbocycles. The van der Waals surface area contributed by atoms with Crippen LogP contribution in [0.2, 0.25) is 0 Å². The lowest BCUT2D eigenvalue weighted by molar-refractivity contribution is -0.130. The fourth-order valence-electron chi connectivity index (χ4n) is 5.39. The van der Waals surface area contributed by atoms with Crippen molar-refractivity contribution >= 4 is 17.5 Å². The number of rotatable bonds is 10. The molecule has 0 unspecified atom stereocenters. The van der Waals surface area contributed by atoms with Crippen molar-refractivity contribution in [2.75, 3.05) is 19.0 Å². The van der Waals surface area contributed by atoms with Gasteiger partial charge in [0.15, 0.2) is 0 Å². The summed E-state index contributed by atoms with van der Waals surface area (Å²) in [7, 11) is 1.60. The molecule has 0 saturated heterocycles. The third-order valence-electron chi connectivity index (χ3n) is 7.91. The van der Waals surface area contributed by atoms with Crippen LogP contribution in [-0.4, -0.2) is 57.1 Å².